The van der Waals surface area contributed by atoms with E-state index in [1.54, 1.807) is 0 Å². The summed E-state index contributed by atoms with van der Waals surface area (Å²) in [6, 6.07) is 41.9. The van der Waals surface area contributed by atoms with Crippen LogP contribution >= 0.6 is 0 Å². The second-order valence-corrected chi connectivity index (χ2v) is 17.5. The third-order valence-electron chi connectivity index (χ3n) is 12.1. The van der Waals surface area contributed by atoms with Gasteiger partial charge < -0.3 is 30.0 Å². The molecule has 2 heterocycles. The van der Waals surface area contributed by atoms with E-state index >= 15 is 0 Å². The minimum absolute atomic E-state index is 0.0143. The first-order valence-corrected chi connectivity index (χ1v) is 20.3. The van der Waals surface area contributed by atoms with Crippen molar-refractivity contribution in [3.63, 3.8) is 0 Å². The lowest BCUT2D eigenvalue weighted by Crippen LogP contribution is -2.46. The van der Waals surface area contributed by atoms with Crippen LogP contribution in [0.5, 0.6) is 11.5 Å². The Kier molecular flexibility index (Phi) is 11.2. The normalized spacial score (nSPS) is 25.5. The van der Waals surface area contributed by atoms with E-state index in [0.29, 0.717) is 34.9 Å². The van der Waals surface area contributed by atoms with E-state index in [1.807, 2.05) is 84.9 Å². The summed E-state index contributed by atoms with van der Waals surface area (Å²) in [6.45, 7) is 11.9. The molecule has 1 saturated carbocycles. The minimum Gasteiger partial charge on any atom is -0.457 e. The van der Waals surface area contributed by atoms with Crippen LogP contribution in [-0.2, 0) is 22.6 Å². The molecule has 2 saturated heterocycles. The van der Waals surface area contributed by atoms with Gasteiger partial charge in [-0.3, -0.25) is 4.90 Å². The number of fused-ring (bicyclic) bond motifs is 2. The van der Waals surface area contributed by atoms with Crippen molar-refractivity contribution >= 4 is 11.7 Å². The summed E-state index contributed by atoms with van der Waals surface area (Å²) >= 11 is 0. The summed E-state index contributed by atoms with van der Waals surface area (Å²) in [5.74, 6) is 1.58. The van der Waals surface area contributed by atoms with Gasteiger partial charge in [0.05, 0.1) is 18.8 Å². The number of carbonyl (C=O) groups excluding carboxylic acids is 1. The molecule has 2 amide bonds. The van der Waals surface area contributed by atoms with Crippen LogP contribution in [0.2, 0.25) is 0 Å². The van der Waals surface area contributed by atoms with Crippen molar-refractivity contribution in [2.24, 2.45) is 16.7 Å². The van der Waals surface area contributed by atoms with E-state index in [0.717, 1.165) is 52.2 Å². The van der Waals surface area contributed by atoms with E-state index < -0.39 is 6.29 Å². The van der Waals surface area contributed by atoms with Crippen molar-refractivity contribution in [3.8, 4) is 22.6 Å². The SMILES string of the molecule is C[C@H]1[C@@H](CN2CC3(C)CC2CC(C)(C)C3)O[C@@H](c2ccc(-c3ccccc3CNC(=O)Nc3ccc(Oc4ccccc4)cc3)cc2)O[C@H]1c1ccc(CO)cc1. The van der Waals surface area contributed by atoms with Crippen molar-refractivity contribution in [1.82, 2.24) is 10.2 Å². The number of benzene rings is 5. The standard InChI is InChI=1S/C49H55N3O5/c1-33-44(29-52-32-49(4)27-40(52)26-48(2,3)31-49)56-46(57-45(33)36-16-14-34(30-53)15-17-36)37-20-18-35(19-21-37)43-13-9-8-10-38(43)28-50-47(54)51-39-22-24-42(25-23-39)55-41-11-6-5-7-12-41/h5-25,33,40,44-46,53H,26-32H2,1-4H3,(H2,50,51,54)/t33-,40?,44+,45+,46+,49?/m0/s1. The monoisotopic (exact) mass is 765 g/mol. The zero-order chi connectivity index (χ0) is 39.6. The lowest BCUT2D eigenvalue weighted by atomic mass is 9.65. The zero-order valence-electron chi connectivity index (χ0n) is 33.5. The maximum atomic E-state index is 13.0. The molecule has 57 heavy (non-hydrogen) atoms. The number of para-hydroxylation sites is 1. The number of urea groups is 1. The molecule has 296 valence electrons. The lowest BCUT2D eigenvalue weighted by molar-refractivity contribution is -0.276. The van der Waals surface area contributed by atoms with Gasteiger partial charge >= 0.3 is 6.03 Å². The number of ether oxygens (including phenoxy) is 3. The van der Waals surface area contributed by atoms with Crippen molar-refractivity contribution in [1.29, 1.82) is 0 Å². The average Bonchev–Trinajstić information content (AvgIpc) is 3.46. The van der Waals surface area contributed by atoms with E-state index in [2.05, 4.69) is 85.7 Å². The Morgan fingerprint density at radius 2 is 1.49 bits per heavy atom. The molecule has 2 bridgehead atoms. The number of anilines is 1. The molecule has 2 aliphatic heterocycles. The van der Waals surface area contributed by atoms with Crippen molar-refractivity contribution in [3.05, 3.63) is 150 Å². The Labute approximate surface area is 337 Å². The van der Waals surface area contributed by atoms with Crippen LogP contribution < -0.4 is 15.4 Å². The highest BCUT2D eigenvalue weighted by atomic mass is 16.7. The molecule has 5 aromatic carbocycles. The molecule has 0 radical (unpaired) electrons. The van der Waals surface area contributed by atoms with Crippen LogP contribution in [0.25, 0.3) is 11.1 Å². The first-order chi connectivity index (χ1) is 27.5. The molecule has 5 aromatic rings. The fourth-order valence-electron chi connectivity index (χ4n) is 9.71. The highest BCUT2D eigenvalue weighted by Crippen LogP contribution is 2.53. The predicted octanol–water partition coefficient (Wildman–Crippen LogP) is 10.7. The summed E-state index contributed by atoms with van der Waals surface area (Å²) in [4.78, 5) is 15.7. The zero-order valence-corrected chi connectivity index (χ0v) is 33.5. The van der Waals surface area contributed by atoms with E-state index in [-0.39, 0.29) is 30.8 Å². The Morgan fingerprint density at radius 1 is 0.807 bits per heavy atom. The van der Waals surface area contributed by atoms with Gasteiger partial charge in [0.25, 0.3) is 0 Å². The number of likely N-dealkylation sites (tertiary alicyclic amines) is 1. The second kappa shape index (κ2) is 16.5. The van der Waals surface area contributed by atoms with Crippen LogP contribution in [0.15, 0.2) is 127 Å². The molecule has 3 aliphatic rings. The van der Waals surface area contributed by atoms with Gasteiger partial charge in [0.15, 0.2) is 6.29 Å². The van der Waals surface area contributed by atoms with E-state index in [1.165, 1.54) is 19.3 Å². The number of aliphatic hydroxyl groups is 1. The van der Waals surface area contributed by atoms with Crippen molar-refractivity contribution in [2.45, 2.75) is 84.6 Å². The van der Waals surface area contributed by atoms with Gasteiger partial charge in [-0.2, -0.15) is 0 Å². The van der Waals surface area contributed by atoms with Gasteiger partial charge in [-0.1, -0.05) is 119 Å². The highest BCUT2D eigenvalue weighted by Gasteiger charge is 2.51. The number of aliphatic hydroxyl groups excluding tert-OH is 1. The van der Waals surface area contributed by atoms with Crippen LogP contribution in [-0.4, -0.2) is 41.3 Å². The second-order valence-electron chi connectivity index (χ2n) is 17.5. The molecule has 0 spiro atoms. The molecule has 3 fully saturated rings. The summed E-state index contributed by atoms with van der Waals surface area (Å²) in [6.07, 6.45) is 3.03. The maximum Gasteiger partial charge on any atom is 0.319 e. The van der Waals surface area contributed by atoms with Crippen LogP contribution in [0.1, 0.15) is 81.6 Å². The molecule has 8 rings (SSSR count). The number of rotatable bonds is 11. The van der Waals surface area contributed by atoms with Gasteiger partial charge in [0, 0.05) is 42.8 Å². The Balaban J connectivity index is 0.948. The number of amides is 2. The van der Waals surface area contributed by atoms with Gasteiger partial charge in [0.1, 0.15) is 11.5 Å². The van der Waals surface area contributed by atoms with Gasteiger partial charge in [-0.05, 0) is 94.3 Å². The molecule has 1 aliphatic carbocycles. The van der Waals surface area contributed by atoms with E-state index in [9.17, 15) is 9.90 Å². The third-order valence-corrected chi connectivity index (χ3v) is 12.1. The molecule has 6 atom stereocenters. The van der Waals surface area contributed by atoms with Gasteiger partial charge in [-0.25, -0.2) is 4.79 Å². The largest absolute Gasteiger partial charge is 0.457 e. The molecular formula is C49H55N3O5. The molecular weight excluding hydrogens is 711 g/mol. The molecule has 8 heteroatoms. The molecule has 3 N–H and O–H groups in total. The van der Waals surface area contributed by atoms with Crippen LogP contribution in [0.3, 0.4) is 0 Å². The fourth-order valence-corrected chi connectivity index (χ4v) is 9.71. The minimum atomic E-state index is -0.531. The number of nitrogens with zero attached hydrogens (tertiary/aromatic N) is 1. The average molecular weight is 766 g/mol. The number of hydrogen-bond donors (Lipinski definition) is 3. The van der Waals surface area contributed by atoms with Crippen molar-refractivity contribution in [2.75, 3.05) is 18.4 Å². The summed E-state index contributed by atoms with van der Waals surface area (Å²) in [7, 11) is 0. The third kappa shape index (κ3) is 9.10. The highest BCUT2D eigenvalue weighted by molar-refractivity contribution is 5.89. The molecule has 2 unspecified atom stereocenters. The summed E-state index contributed by atoms with van der Waals surface area (Å²) in [5.41, 5.74) is 7.41. The Hall–Kier alpha value is -4.99. The number of carbonyl (C=O) groups is 1. The van der Waals surface area contributed by atoms with Gasteiger partial charge in [0.2, 0.25) is 0 Å². The maximum absolute atomic E-state index is 13.0. The van der Waals surface area contributed by atoms with Gasteiger partial charge in [-0.15, -0.1) is 0 Å². The van der Waals surface area contributed by atoms with E-state index in [4.69, 9.17) is 14.2 Å². The predicted molar refractivity (Wildman–Crippen MR) is 225 cm³/mol. The van der Waals surface area contributed by atoms with Crippen LogP contribution in [0.4, 0.5) is 10.5 Å². The molecule has 8 nitrogen and oxygen atoms in total. The quantitative estimate of drug-likeness (QED) is 0.124. The number of hydrogen-bond acceptors (Lipinski definition) is 6. The first-order valence-electron chi connectivity index (χ1n) is 20.3. The fraction of sp³-hybridized carbons (Fsp3) is 0.367. The lowest BCUT2D eigenvalue weighted by Gasteiger charge is -2.43. The summed E-state index contributed by atoms with van der Waals surface area (Å²) < 4.78 is 19.6. The smallest absolute Gasteiger partial charge is 0.319 e. The topological polar surface area (TPSA) is 92.3 Å². The summed E-state index contributed by atoms with van der Waals surface area (Å²) in [5, 5.41) is 15.7. The first kappa shape index (κ1) is 38.9. The van der Waals surface area contributed by atoms with Crippen LogP contribution in [0, 0.1) is 16.7 Å². The Morgan fingerprint density at radius 3 is 2.23 bits per heavy atom. The molecule has 0 aromatic heterocycles. The Bertz CT molecular complexity index is 2120. The van der Waals surface area contributed by atoms with Crippen molar-refractivity contribution < 1.29 is 24.1 Å². The number of nitrogens with one attached hydrogen (secondary N) is 2.